The van der Waals surface area contributed by atoms with Crippen LogP contribution in [0, 0.1) is 6.92 Å². The zero-order valence-corrected chi connectivity index (χ0v) is 23.6. The van der Waals surface area contributed by atoms with Crippen LogP contribution in [0.2, 0.25) is 5.15 Å². The Bertz CT molecular complexity index is 1600. The molecule has 0 amide bonds. The molecule has 0 fully saturated rings. The average molecular weight is 586 g/mol. The minimum atomic E-state index is -4.47. The Hall–Kier alpha value is -3.27. The predicted octanol–water partition coefficient (Wildman–Crippen LogP) is 9.60. The highest BCUT2D eigenvalue weighted by atomic mass is 35.5. The van der Waals surface area contributed by atoms with Crippen molar-refractivity contribution in [3.63, 3.8) is 0 Å². The lowest BCUT2D eigenvalue weighted by Gasteiger charge is -2.15. The van der Waals surface area contributed by atoms with E-state index in [1.54, 1.807) is 54.1 Å². The molecule has 0 saturated heterocycles. The van der Waals surface area contributed by atoms with Gasteiger partial charge in [0.2, 0.25) is 5.88 Å². The van der Waals surface area contributed by atoms with E-state index in [-0.39, 0.29) is 5.52 Å². The molecular formula is C29H23ClF3N3OS2. The van der Waals surface area contributed by atoms with Crippen LogP contribution in [0.25, 0.3) is 22.0 Å². The van der Waals surface area contributed by atoms with E-state index < -0.39 is 11.7 Å². The van der Waals surface area contributed by atoms with Gasteiger partial charge in [-0.25, -0.2) is 9.97 Å². The predicted molar refractivity (Wildman–Crippen MR) is 154 cm³/mol. The Labute approximate surface area is 238 Å². The van der Waals surface area contributed by atoms with Crippen molar-refractivity contribution in [2.75, 3.05) is 12.5 Å². The number of aryl methyl sites for hydroxylation is 1. The zero-order valence-electron chi connectivity index (χ0n) is 21.2. The van der Waals surface area contributed by atoms with Gasteiger partial charge >= 0.3 is 6.18 Å². The van der Waals surface area contributed by atoms with Gasteiger partial charge in [0.15, 0.2) is 0 Å². The molecule has 0 aliphatic carbocycles. The fourth-order valence-corrected chi connectivity index (χ4v) is 4.94. The number of ether oxygens (including phenoxy) is 1. The Morgan fingerprint density at radius 1 is 0.821 bits per heavy atom. The van der Waals surface area contributed by atoms with E-state index in [0.717, 1.165) is 27.0 Å². The molecule has 0 bridgehead atoms. The topological polar surface area (TPSA) is 47.9 Å². The first-order valence-corrected chi connectivity index (χ1v) is 14.4. The van der Waals surface area contributed by atoms with Gasteiger partial charge in [-0.3, -0.25) is 4.98 Å². The van der Waals surface area contributed by atoms with Crippen LogP contribution in [0.3, 0.4) is 0 Å². The second-order valence-corrected chi connectivity index (χ2v) is 10.3. The minimum absolute atomic E-state index is 0.0636. The standard InChI is InChI=1S/C23H17F3N2OS.C6H6ClNS/c1-14-13-28-22-18(7-4-8-19(22)23(24,25)26)21(14)15-5-3-6-16(11-15)29-20-12-17(30-2)9-10-27-20;1-9-5-2-3-8-6(7)4-5/h3-13H,1-2H3;2-4H,1H3. The molecule has 5 rings (SSSR count). The van der Waals surface area contributed by atoms with Crippen LogP contribution in [-0.4, -0.2) is 27.5 Å². The van der Waals surface area contributed by atoms with Crippen molar-refractivity contribution in [3.05, 3.63) is 102 Å². The van der Waals surface area contributed by atoms with E-state index in [0.29, 0.717) is 27.7 Å². The maximum Gasteiger partial charge on any atom is 0.418 e. The monoisotopic (exact) mass is 585 g/mol. The number of thioether (sulfide) groups is 2. The Morgan fingerprint density at radius 3 is 2.18 bits per heavy atom. The summed E-state index contributed by atoms with van der Waals surface area (Å²) in [4.78, 5) is 14.3. The van der Waals surface area contributed by atoms with E-state index >= 15 is 0 Å². The van der Waals surface area contributed by atoms with Crippen molar-refractivity contribution in [1.29, 1.82) is 0 Å². The molecule has 0 atom stereocenters. The molecule has 39 heavy (non-hydrogen) atoms. The largest absolute Gasteiger partial charge is 0.439 e. The molecule has 0 N–H and O–H groups in total. The van der Waals surface area contributed by atoms with Gasteiger partial charge in [-0.05, 0) is 72.5 Å². The van der Waals surface area contributed by atoms with Gasteiger partial charge in [0.05, 0.1) is 11.1 Å². The molecule has 2 aromatic carbocycles. The van der Waals surface area contributed by atoms with E-state index in [4.69, 9.17) is 16.3 Å². The van der Waals surface area contributed by atoms with Crippen LogP contribution < -0.4 is 4.74 Å². The third-order valence-corrected chi connectivity index (χ3v) is 7.27. The summed E-state index contributed by atoms with van der Waals surface area (Å²) < 4.78 is 46.2. The van der Waals surface area contributed by atoms with Gasteiger partial charge < -0.3 is 4.74 Å². The van der Waals surface area contributed by atoms with E-state index in [1.807, 2.05) is 55.8 Å². The summed E-state index contributed by atoms with van der Waals surface area (Å²) in [6.45, 7) is 1.83. The summed E-state index contributed by atoms with van der Waals surface area (Å²) >= 11 is 8.84. The molecule has 0 saturated carbocycles. The van der Waals surface area contributed by atoms with Gasteiger partial charge in [-0.15, -0.1) is 23.5 Å². The molecule has 3 aromatic heterocycles. The van der Waals surface area contributed by atoms with Crippen molar-refractivity contribution in [2.45, 2.75) is 22.9 Å². The number of halogens is 4. The average Bonchev–Trinajstić information content (AvgIpc) is 2.92. The molecule has 0 radical (unpaired) electrons. The number of nitrogens with zero attached hydrogens (tertiary/aromatic N) is 3. The van der Waals surface area contributed by atoms with Crippen molar-refractivity contribution in [3.8, 4) is 22.8 Å². The molecule has 0 aliphatic heterocycles. The number of benzene rings is 2. The highest BCUT2D eigenvalue weighted by Gasteiger charge is 2.33. The number of fused-ring (bicyclic) bond motifs is 1. The van der Waals surface area contributed by atoms with Crippen LogP contribution >= 0.6 is 35.1 Å². The fraction of sp³-hybridized carbons (Fsp3) is 0.138. The summed E-state index contributed by atoms with van der Waals surface area (Å²) in [6, 6.07) is 18.9. The van der Waals surface area contributed by atoms with Crippen LogP contribution in [0.1, 0.15) is 11.1 Å². The normalized spacial score (nSPS) is 11.2. The van der Waals surface area contributed by atoms with Gasteiger partial charge in [-0.1, -0.05) is 35.9 Å². The first kappa shape index (κ1) is 28.7. The molecule has 3 heterocycles. The quantitative estimate of drug-likeness (QED) is 0.151. The second-order valence-electron chi connectivity index (χ2n) is 8.20. The third kappa shape index (κ3) is 7.23. The highest BCUT2D eigenvalue weighted by Crippen LogP contribution is 2.39. The summed E-state index contributed by atoms with van der Waals surface area (Å²) in [5.74, 6) is 1.00. The Kier molecular flexibility index (Phi) is 9.37. The number of alkyl halides is 3. The highest BCUT2D eigenvalue weighted by molar-refractivity contribution is 7.98. The zero-order chi connectivity index (χ0) is 28.0. The summed E-state index contributed by atoms with van der Waals surface area (Å²) in [5.41, 5.74) is 1.42. The molecule has 0 aliphatic rings. The number of pyridine rings is 3. The van der Waals surface area contributed by atoms with E-state index in [9.17, 15) is 13.2 Å². The molecule has 10 heteroatoms. The van der Waals surface area contributed by atoms with Crippen molar-refractivity contribution in [2.24, 2.45) is 0 Å². The van der Waals surface area contributed by atoms with Crippen molar-refractivity contribution in [1.82, 2.24) is 15.0 Å². The third-order valence-electron chi connectivity index (χ3n) is 5.61. The maximum atomic E-state index is 13.5. The Morgan fingerprint density at radius 2 is 1.51 bits per heavy atom. The number of rotatable bonds is 5. The second kappa shape index (κ2) is 12.7. The van der Waals surface area contributed by atoms with Crippen molar-refractivity contribution < 1.29 is 17.9 Å². The summed E-state index contributed by atoms with van der Waals surface area (Å²) in [7, 11) is 0. The lowest BCUT2D eigenvalue weighted by molar-refractivity contribution is -0.136. The maximum absolute atomic E-state index is 13.5. The SMILES string of the molecule is CSc1ccnc(Cl)c1.CSc1ccnc(Oc2cccc(-c3c(C)cnc4c(C(F)(F)F)cccc34)c2)c1. The van der Waals surface area contributed by atoms with Crippen LogP contribution in [-0.2, 0) is 6.18 Å². The first-order valence-electron chi connectivity index (χ1n) is 11.6. The van der Waals surface area contributed by atoms with Gasteiger partial charge in [0.25, 0.3) is 0 Å². The van der Waals surface area contributed by atoms with Gasteiger partial charge in [0, 0.05) is 39.8 Å². The smallest absolute Gasteiger partial charge is 0.418 e. The molecule has 200 valence electrons. The van der Waals surface area contributed by atoms with E-state index in [2.05, 4.69) is 15.0 Å². The summed E-state index contributed by atoms with van der Waals surface area (Å²) in [5, 5.41) is 1.01. The molecule has 5 aromatic rings. The summed E-state index contributed by atoms with van der Waals surface area (Å²) in [6.07, 6.45) is 4.35. The van der Waals surface area contributed by atoms with Crippen molar-refractivity contribution >= 4 is 46.0 Å². The number of hydrogen-bond donors (Lipinski definition) is 0. The van der Waals surface area contributed by atoms with Gasteiger partial charge in [0.1, 0.15) is 10.9 Å². The Balaban J connectivity index is 0.000000333. The number of hydrogen-bond acceptors (Lipinski definition) is 6. The first-order chi connectivity index (χ1) is 18.7. The molecule has 4 nitrogen and oxygen atoms in total. The fourth-order valence-electron chi connectivity index (χ4n) is 3.86. The minimum Gasteiger partial charge on any atom is -0.439 e. The van der Waals surface area contributed by atoms with Crippen LogP contribution in [0.4, 0.5) is 13.2 Å². The molecular weight excluding hydrogens is 563 g/mol. The van der Waals surface area contributed by atoms with Gasteiger partial charge in [-0.2, -0.15) is 13.2 Å². The molecule has 0 spiro atoms. The molecule has 0 unspecified atom stereocenters. The number of para-hydroxylation sites is 1. The lowest BCUT2D eigenvalue weighted by atomic mass is 9.95. The van der Waals surface area contributed by atoms with Crippen LogP contribution in [0.5, 0.6) is 11.6 Å². The van der Waals surface area contributed by atoms with E-state index in [1.165, 1.54) is 12.3 Å². The number of aromatic nitrogens is 3. The lowest BCUT2D eigenvalue weighted by Crippen LogP contribution is -2.07. The van der Waals surface area contributed by atoms with Crippen LogP contribution in [0.15, 0.2) is 95.1 Å².